The second kappa shape index (κ2) is 10.3. The summed E-state index contributed by atoms with van der Waals surface area (Å²) in [5.74, 6) is 0.785. The number of amides is 1. The monoisotopic (exact) mass is 358 g/mol. The van der Waals surface area contributed by atoms with Gasteiger partial charge >= 0.3 is 0 Å². The van der Waals surface area contributed by atoms with Crippen LogP contribution in [-0.2, 0) is 9.53 Å². The normalized spacial score (nSPS) is 19.8. The minimum absolute atomic E-state index is 0.0179. The van der Waals surface area contributed by atoms with Gasteiger partial charge in [-0.3, -0.25) is 4.79 Å². The minimum Gasteiger partial charge on any atom is -0.491 e. The molecule has 1 heterocycles. The Morgan fingerprint density at radius 1 is 1.19 bits per heavy atom. The summed E-state index contributed by atoms with van der Waals surface area (Å²) in [5, 5.41) is 6.13. The molecule has 1 saturated heterocycles. The van der Waals surface area contributed by atoms with Crippen LogP contribution in [0.1, 0.15) is 44.9 Å². The van der Waals surface area contributed by atoms with Gasteiger partial charge in [0.05, 0.1) is 12.6 Å². The molecule has 1 amide bonds. The quantitative estimate of drug-likeness (QED) is 0.522. The van der Waals surface area contributed by atoms with Gasteiger partial charge in [-0.1, -0.05) is 11.6 Å². The highest BCUT2D eigenvalue weighted by molar-refractivity contribution is 5.92. The van der Waals surface area contributed by atoms with Crippen LogP contribution in [0.5, 0.6) is 5.75 Å². The van der Waals surface area contributed by atoms with Crippen molar-refractivity contribution in [2.45, 2.75) is 51.0 Å². The zero-order chi connectivity index (χ0) is 18.0. The average Bonchev–Trinajstić information content (AvgIpc) is 3.19. The third-order valence-electron chi connectivity index (χ3n) is 4.89. The van der Waals surface area contributed by atoms with Crippen molar-refractivity contribution < 1.29 is 14.3 Å². The second-order valence-electron chi connectivity index (χ2n) is 7.05. The van der Waals surface area contributed by atoms with E-state index in [1.807, 2.05) is 24.3 Å². The van der Waals surface area contributed by atoms with Crippen LogP contribution >= 0.6 is 0 Å². The fourth-order valence-corrected chi connectivity index (χ4v) is 3.39. The lowest BCUT2D eigenvalue weighted by Gasteiger charge is -2.13. The molecule has 0 aromatic heterocycles. The highest BCUT2D eigenvalue weighted by atomic mass is 16.5. The van der Waals surface area contributed by atoms with Crippen molar-refractivity contribution in [1.82, 2.24) is 5.32 Å². The summed E-state index contributed by atoms with van der Waals surface area (Å²) in [4.78, 5) is 12.0. The number of benzene rings is 1. The molecule has 1 atom stereocenters. The van der Waals surface area contributed by atoms with Gasteiger partial charge < -0.3 is 20.1 Å². The number of anilines is 1. The molecule has 0 bridgehead atoms. The Hall–Kier alpha value is -1.85. The van der Waals surface area contributed by atoms with Crippen LogP contribution < -0.4 is 15.4 Å². The first-order chi connectivity index (χ1) is 12.8. The van der Waals surface area contributed by atoms with Crippen LogP contribution in [0, 0.1) is 0 Å². The van der Waals surface area contributed by atoms with Crippen molar-refractivity contribution in [3.05, 3.63) is 35.9 Å². The third kappa shape index (κ3) is 6.46. The lowest BCUT2D eigenvalue weighted by molar-refractivity contribution is -0.115. The van der Waals surface area contributed by atoms with Crippen LogP contribution in [0.3, 0.4) is 0 Å². The first-order valence-corrected chi connectivity index (χ1v) is 9.82. The predicted octanol–water partition coefficient (Wildman–Crippen LogP) is 3.66. The Morgan fingerprint density at radius 2 is 2.08 bits per heavy atom. The van der Waals surface area contributed by atoms with E-state index in [2.05, 4.69) is 16.7 Å². The number of rotatable bonds is 9. The molecule has 2 N–H and O–H groups in total. The largest absolute Gasteiger partial charge is 0.491 e. The maximum atomic E-state index is 12.0. The SMILES string of the molecule is O=C(CNCCC1=CCCCC1)Nc1ccc(OCC2CCCO2)cc1. The van der Waals surface area contributed by atoms with Crippen LogP contribution in [0.25, 0.3) is 0 Å². The molecule has 5 nitrogen and oxygen atoms in total. The van der Waals surface area contributed by atoms with E-state index in [-0.39, 0.29) is 12.0 Å². The Labute approximate surface area is 156 Å². The van der Waals surface area contributed by atoms with E-state index < -0.39 is 0 Å². The summed E-state index contributed by atoms with van der Waals surface area (Å²) in [6, 6.07) is 7.51. The molecule has 5 heteroatoms. The van der Waals surface area contributed by atoms with E-state index >= 15 is 0 Å². The van der Waals surface area contributed by atoms with E-state index in [9.17, 15) is 4.79 Å². The summed E-state index contributed by atoms with van der Waals surface area (Å²) < 4.78 is 11.3. The summed E-state index contributed by atoms with van der Waals surface area (Å²) in [5.41, 5.74) is 2.32. The molecule has 3 rings (SSSR count). The van der Waals surface area contributed by atoms with Crippen LogP contribution in [0.15, 0.2) is 35.9 Å². The maximum absolute atomic E-state index is 12.0. The van der Waals surface area contributed by atoms with Crippen molar-refractivity contribution in [1.29, 1.82) is 0 Å². The van der Waals surface area contributed by atoms with Gasteiger partial charge in [0.25, 0.3) is 0 Å². The Balaban J connectivity index is 1.31. The van der Waals surface area contributed by atoms with E-state index in [1.165, 1.54) is 31.3 Å². The van der Waals surface area contributed by atoms with Crippen molar-refractivity contribution in [2.24, 2.45) is 0 Å². The molecule has 1 aromatic rings. The molecule has 1 aliphatic carbocycles. The number of ether oxygens (including phenoxy) is 2. The highest BCUT2D eigenvalue weighted by Crippen LogP contribution is 2.20. The highest BCUT2D eigenvalue weighted by Gasteiger charge is 2.15. The Morgan fingerprint density at radius 3 is 2.81 bits per heavy atom. The van der Waals surface area contributed by atoms with Crippen molar-refractivity contribution in [2.75, 3.05) is 31.6 Å². The molecule has 2 aliphatic rings. The van der Waals surface area contributed by atoms with Gasteiger partial charge in [-0.2, -0.15) is 0 Å². The predicted molar refractivity (Wildman–Crippen MR) is 104 cm³/mol. The van der Waals surface area contributed by atoms with Crippen molar-refractivity contribution >= 4 is 11.6 Å². The summed E-state index contributed by atoms with van der Waals surface area (Å²) in [7, 11) is 0. The van der Waals surface area contributed by atoms with Crippen molar-refractivity contribution in [3.8, 4) is 5.75 Å². The molecule has 1 unspecified atom stereocenters. The molecule has 0 radical (unpaired) electrons. The molecular weight excluding hydrogens is 328 g/mol. The molecular formula is C21H30N2O3. The number of allylic oxidation sites excluding steroid dienone is 1. The summed E-state index contributed by atoms with van der Waals surface area (Å²) >= 11 is 0. The first-order valence-electron chi connectivity index (χ1n) is 9.82. The second-order valence-corrected chi connectivity index (χ2v) is 7.05. The number of nitrogens with one attached hydrogen (secondary N) is 2. The summed E-state index contributed by atoms with van der Waals surface area (Å²) in [6.45, 7) is 2.62. The topological polar surface area (TPSA) is 59.6 Å². The lowest BCUT2D eigenvalue weighted by atomic mass is 9.97. The third-order valence-corrected chi connectivity index (χ3v) is 4.89. The fraction of sp³-hybridized carbons (Fsp3) is 0.571. The van der Waals surface area contributed by atoms with E-state index in [4.69, 9.17) is 9.47 Å². The van der Waals surface area contributed by atoms with Gasteiger partial charge in [-0.05, 0) is 75.8 Å². The minimum atomic E-state index is -0.0179. The van der Waals surface area contributed by atoms with E-state index in [0.717, 1.165) is 43.9 Å². The standard InChI is InChI=1S/C21H30N2O3/c24-21(15-22-13-12-17-5-2-1-3-6-17)23-18-8-10-19(11-9-18)26-16-20-7-4-14-25-20/h5,8-11,20,22H,1-4,6-7,12-16H2,(H,23,24). The molecule has 0 spiro atoms. The average molecular weight is 358 g/mol. The molecule has 0 saturated carbocycles. The molecule has 142 valence electrons. The van der Waals surface area contributed by atoms with Crippen LogP contribution in [-0.4, -0.2) is 38.3 Å². The lowest BCUT2D eigenvalue weighted by Crippen LogP contribution is -2.29. The number of carbonyl (C=O) groups excluding carboxylic acids is 1. The van der Waals surface area contributed by atoms with Gasteiger partial charge in [-0.15, -0.1) is 0 Å². The fourth-order valence-electron chi connectivity index (χ4n) is 3.39. The molecule has 1 aliphatic heterocycles. The van der Waals surface area contributed by atoms with Crippen LogP contribution in [0.4, 0.5) is 5.69 Å². The van der Waals surface area contributed by atoms with Gasteiger partial charge in [0.15, 0.2) is 0 Å². The van der Waals surface area contributed by atoms with Gasteiger partial charge in [0.2, 0.25) is 5.91 Å². The van der Waals surface area contributed by atoms with Gasteiger partial charge in [0.1, 0.15) is 12.4 Å². The zero-order valence-electron chi connectivity index (χ0n) is 15.5. The maximum Gasteiger partial charge on any atom is 0.238 e. The van der Waals surface area contributed by atoms with Crippen LogP contribution in [0.2, 0.25) is 0 Å². The molecule has 26 heavy (non-hydrogen) atoms. The number of carbonyl (C=O) groups is 1. The first kappa shape index (κ1) is 18.9. The van der Waals surface area contributed by atoms with E-state index in [0.29, 0.717) is 13.2 Å². The smallest absolute Gasteiger partial charge is 0.238 e. The Kier molecular flexibility index (Phi) is 7.52. The van der Waals surface area contributed by atoms with Crippen molar-refractivity contribution in [3.63, 3.8) is 0 Å². The number of hydrogen-bond acceptors (Lipinski definition) is 4. The summed E-state index contributed by atoms with van der Waals surface area (Å²) in [6.07, 6.45) is 10.8. The molecule has 1 aromatic carbocycles. The molecule has 1 fully saturated rings. The Bertz CT molecular complexity index is 592. The zero-order valence-corrected chi connectivity index (χ0v) is 15.5. The van der Waals surface area contributed by atoms with Gasteiger partial charge in [-0.25, -0.2) is 0 Å². The number of hydrogen-bond donors (Lipinski definition) is 2. The van der Waals surface area contributed by atoms with Gasteiger partial charge in [0, 0.05) is 12.3 Å². The van der Waals surface area contributed by atoms with E-state index in [1.54, 1.807) is 0 Å².